The van der Waals surface area contributed by atoms with Crippen LogP contribution in [0.5, 0.6) is 0 Å². The van der Waals surface area contributed by atoms with Gasteiger partial charge < -0.3 is 10.4 Å². The van der Waals surface area contributed by atoms with Gasteiger partial charge in [-0.15, -0.1) is 0 Å². The van der Waals surface area contributed by atoms with Crippen LogP contribution in [-0.4, -0.2) is 29.3 Å². The molecule has 1 amide bonds. The fraction of sp³-hybridized carbons (Fsp3) is 0.375. The van der Waals surface area contributed by atoms with Crippen molar-refractivity contribution < 1.29 is 19.5 Å². The van der Waals surface area contributed by atoms with Gasteiger partial charge in [-0.25, -0.2) is 0 Å². The van der Waals surface area contributed by atoms with E-state index in [0.29, 0.717) is 0 Å². The predicted molar refractivity (Wildman–Crippen MR) is 60.8 cm³/mol. The van der Waals surface area contributed by atoms with E-state index >= 15 is 0 Å². The van der Waals surface area contributed by atoms with Crippen molar-refractivity contribution in [3.05, 3.63) is 8.96 Å². The van der Waals surface area contributed by atoms with Gasteiger partial charge in [-0.2, -0.15) is 0 Å². The van der Waals surface area contributed by atoms with Crippen molar-refractivity contribution in [2.75, 3.05) is 6.54 Å². The van der Waals surface area contributed by atoms with Crippen molar-refractivity contribution in [1.29, 1.82) is 0 Å². The van der Waals surface area contributed by atoms with Crippen LogP contribution in [0.25, 0.3) is 0 Å². The number of allylic oxidation sites excluding steroid dienone is 1. The fourth-order valence-electron chi connectivity index (χ4n) is 0.615. The molecule has 0 heterocycles. The standard InChI is InChI=1S/C8H9Br2NO4/c1-4(12)6(9)7(10)8(15)11-3-2-5(13)14/h2-3H2,1H3,(H,11,15)(H,13,14)/b7-6-. The second kappa shape index (κ2) is 6.73. The SMILES string of the molecule is CC(=O)/C(Br)=C(/Br)C(=O)NCCC(=O)O. The van der Waals surface area contributed by atoms with Gasteiger partial charge in [0.05, 0.1) is 10.9 Å². The Morgan fingerprint density at radius 3 is 2.13 bits per heavy atom. The molecule has 0 aliphatic rings. The maximum atomic E-state index is 11.3. The average Bonchev–Trinajstić information content (AvgIpc) is 2.14. The molecule has 84 valence electrons. The molecular formula is C8H9Br2NO4. The molecule has 5 nitrogen and oxygen atoms in total. The summed E-state index contributed by atoms with van der Waals surface area (Å²) < 4.78 is 0.177. The Morgan fingerprint density at radius 2 is 1.73 bits per heavy atom. The number of amides is 1. The first-order valence-electron chi connectivity index (χ1n) is 3.92. The molecule has 0 aliphatic heterocycles. The van der Waals surface area contributed by atoms with Crippen LogP contribution in [0.15, 0.2) is 8.96 Å². The molecule has 0 atom stereocenters. The molecular weight excluding hydrogens is 334 g/mol. The second-order valence-corrected chi connectivity index (χ2v) is 4.17. The average molecular weight is 343 g/mol. The Balaban J connectivity index is 4.28. The minimum absolute atomic E-state index is 0.0153. The third-order valence-electron chi connectivity index (χ3n) is 1.33. The zero-order valence-electron chi connectivity index (χ0n) is 7.84. The lowest BCUT2D eigenvalue weighted by Gasteiger charge is -2.03. The number of carbonyl (C=O) groups excluding carboxylic acids is 2. The quantitative estimate of drug-likeness (QED) is 0.734. The van der Waals surface area contributed by atoms with Crippen molar-refractivity contribution in [2.24, 2.45) is 0 Å². The molecule has 0 fully saturated rings. The summed E-state index contributed by atoms with van der Waals surface area (Å²) in [7, 11) is 0. The van der Waals surface area contributed by atoms with Gasteiger partial charge in [0.15, 0.2) is 5.78 Å². The zero-order chi connectivity index (χ0) is 12.0. The lowest BCUT2D eigenvalue weighted by atomic mass is 10.3. The van der Waals surface area contributed by atoms with E-state index in [1.807, 2.05) is 0 Å². The van der Waals surface area contributed by atoms with Gasteiger partial charge in [0, 0.05) is 6.54 Å². The molecule has 0 bridgehead atoms. The summed E-state index contributed by atoms with van der Waals surface area (Å²) in [6.07, 6.45) is -0.163. The van der Waals surface area contributed by atoms with E-state index in [0.717, 1.165) is 0 Å². The highest BCUT2D eigenvalue weighted by Gasteiger charge is 2.13. The first-order chi connectivity index (χ1) is 6.86. The molecule has 0 unspecified atom stereocenters. The number of hydrogen-bond acceptors (Lipinski definition) is 3. The summed E-state index contributed by atoms with van der Waals surface area (Å²) in [4.78, 5) is 32.3. The van der Waals surface area contributed by atoms with Crippen molar-refractivity contribution in [3.8, 4) is 0 Å². The number of hydrogen-bond donors (Lipinski definition) is 2. The third-order valence-corrected chi connectivity index (χ3v) is 3.57. The van der Waals surface area contributed by atoms with Gasteiger partial charge in [-0.3, -0.25) is 14.4 Å². The summed E-state index contributed by atoms with van der Waals surface area (Å²) in [6, 6.07) is 0. The number of nitrogens with one attached hydrogen (secondary N) is 1. The van der Waals surface area contributed by atoms with Crippen LogP contribution in [0.4, 0.5) is 0 Å². The van der Waals surface area contributed by atoms with Gasteiger partial charge in [0.1, 0.15) is 4.48 Å². The monoisotopic (exact) mass is 341 g/mol. The number of ketones is 1. The Bertz CT molecular complexity index is 325. The van der Waals surface area contributed by atoms with Crippen molar-refractivity contribution in [2.45, 2.75) is 13.3 Å². The number of aliphatic carboxylic acids is 1. The lowest BCUT2D eigenvalue weighted by Crippen LogP contribution is -2.26. The van der Waals surface area contributed by atoms with Crippen molar-refractivity contribution in [3.63, 3.8) is 0 Å². The van der Waals surface area contributed by atoms with Gasteiger partial charge >= 0.3 is 5.97 Å². The topological polar surface area (TPSA) is 83.5 Å². The van der Waals surface area contributed by atoms with Crippen LogP contribution >= 0.6 is 31.9 Å². The Labute approximate surface area is 103 Å². The summed E-state index contributed by atoms with van der Waals surface area (Å²) in [5.74, 6) is -1.82. The van der Waals surface area contributed by atoms with Crippen LogP contribution in [0, 0.1) is 0 Å². The van der Waals surface area contributed by atoms with Crippen LogP contribution in [0.2, 0.25) is 0 Å². The maximum absolute atomic E-state index is 11.3. The van der Waals surface area contributed by atoms with Gasteiger partial charge in [-0.1, -0.05) is 0 Å². The van der Waals surface area contributed by atoms with Crippen molar-refractivity contribution in [1.82, 2.24) is 5.32 Å². The predicted octanol–water partition coefficient (Wildman–Crippen LogP) is 1.17. The largest absolute Gasteiger partial charge is 0.481 e. The highest BCUT2D eigenvalue weighted by atomic mass is 79.9. The number of rotatable bonds is 5. The van der Waals surface area contributed by atoms with Crippen LogP contribution in [0.1, 0.15) is 13.3 Å². The molecule has 0 aromatic carbocycles. The van der Waals surface area contributed by atoms with E-state index in [-0.39, 0.29) is 27.7 Å². The molecule has 0 aliphatic carbocycles. The fourth-order valence-corrected chi connectivity index (χ4v) is 1.21. The number of carbonyl (C=O) groups is 3. The van der Waals surface area contributed by atoms with Crippen LogP contribution in [-0.2, 0) is 14.4 Å². The van der Waals surface area contributed by atoms with E-state index in [2.05, 4.69) is 37.2 Å². The first kappa shape index (κ1) is 14.3. The zero-order valence-corrected chi connectivity index (χ0v) is 11.0. The summed E-state index contributed by atoms with van der Waals surface area (Å²) >= 11 is 5.86. The minimum atomic E-state index is -0.999. The molecule has 0 saturated heterocycles. The second-order valence-electron chi connectivity index (χ2n) is 2.58. The van der Waals surface area contributed by atoms with E-state index in [9.17, 15) is 14.4 Å². The molecule has 0 spiro atoms. The summed E-state index contributed by atoms with van der Waals surface area (Å²) in [6.45, 7) is 1.32. The smallest absolute Gasteiger partial charge is 0.305 e. The molecule has 0 saturated carbocycles. The van der Waals surface area contributed by atoms with Gasteiger partial charge in [0.25, 0.3) is 5.91 Å². The Hall–Kier alpha value is -0.690. The highest BCUT2D eigenvalue weighted by molar-refractivity contribution is 9.14. The Morgan fingerprint density at radius 1 is 1.20 bits per heavy atom. The number of carboxylic acid groups (broad SMARTS) is 1. The van der Waals surface area contributed by atoms with Crippen LogP contribution < -0.4 is 5.32 Å². The molecule has 2 N–H and O–H groups in total. The van der Waals surface area contributed by atoms with Crippen LogP contribution in [0.3, 0.4) is 0 Å². The van der Waals surface area contributed by atoms with Crippen molar-refractivity contribution >= 4 is 49.5 Å². The van der Waals surface area contributed by atoms with E-state index < -0.39 is 11.9 Å². The molecule has 0 aromatic heterocycles. The highest BCUT2D eigenvalue weighted by Crippen LogP contribution is 2.18. The molecule has 0 aromatic rings. The summed E-state index contributed by atoms with van der Waals surface area (Å²) in [5, 5.41) is 10.7. The van der Waals surface area contributed by atoms with Gasteiger partial charge in [0.2, 0.25) is 0 Å². The normalized spacial score (nSPS) is 11.7. The lowest BCUT2D eigenvalue weighted by molar-refractivity contribution is -0.136. The third kappa shape index (κ3) is 5.68. The van der Waals surface area contributed by atoms with Gasteiger partial charge in [-0.05, 0) is 38.8 Å². The number of carboxylic acids is 1. The van der Waals surface area contributed by atoms with E-state index in [1.54, 1.807) is 0 Å². The molecule has 7 heteroatoms. The van der Waals surface area contributed by atoms with E-state index in [1.165, 1.54) is 6.92 Å². The first-order valence-corrected chi connectivity index (χ1v) is 5.51. The minimum Gasteiger partial charge on any atom is -0.481 e. The molecule has 0 rings (SSSR count). The van der Waals surface area contributed by atoms with E-state index in [4.69, 9.17) is 5.11 Å². The Kier molecular flexibility index (Phi) is 6.42. The maximum Gasteiger partial charge on any atom is 0.305 e. The number of Topliss-reactive ketones (excluding diaryl/α,β-unsaturated/α-hetero) is 1. The molecule has 0 radical (unpaired) electrons. The summed E-state index contributed by atoms with van der Waals surface area (Å²) in [5.41, 5.74) is 0. The number of halogens is 2. The molecule has 15 heavy (non-hydrogen) atoms.